The van der Waals surface area contributed by atoms with Gasteiger partial charge in [-0.25, -0.2) is 4.39 Å². The van der Waals surface area contributed by atoms with E-state index in [4.69, 9.17) is 4.74 Å². The average Bonchev–Trinajstić information content (AvgIpc) is 3.17. The van der Waals surface area contributed by atoms with Gasteiger partial charge >= 0.3 is 0 Å². The minimum absolute atomic E-state index is 0.0209. The number of nitrogens with zero attached hydrogens (tertiary/aromatic N) is 2. The zero-order chi connectivity index (χ0) is 24.5. The predicted octanol–water partition coefficient (Wildman–Crippen LogP) is 3.13. The quantitative estimate of drug-likeness (QED) is 0.750. The highest BCUT2D eigenvalue weighted by Gasteiger charge is 2.54. The van der Waals surface area contributed by atoms with Crippen molar-refractivity contribution in [2.75, 3.05) is 19.7 Å². The molecule has 3 amide bonds. The van der Waals surface area contributed by atoms with Crippen LogP contribution in [0.5, 0.6) is 0 Å². The van der Waals surface area contributed by atoms with Crippen LogP contribution in [0.25, 0.3) is 0 Å². The molecule has 0 radical (unpaired) electrons. The van der Waals surface area contributed by atoms with Crippen molar-refractivity contribution >= 4 is 17.7 Å². The van der Waals surface area contributed by atoms with Gasteiger partial charge in [0.2, 0.25) is 5.91 Å². The molecule has 2 aliphatic heterocycles. The van der Waals surface area contributed by atoms with Crippen LogP contribution in [0, 0.1) is 12.7 Å². The third-order valence-corrected chi connectivity index (χ3v) is 6.45. The third-order valence-electron chi connectivity index (χ3n) is 6.45. The fourth-order valence-electron chi connectivity index (χ4n) is 4.65. The fourth-order valence-corrected chi connectivity index (χ4v) is 4.65. The molecular formula is C26H30FN3O4. The molecule has 7 nitrogen and oxygen atoms in total. The number of benzene rings is 2. The maximum Gasteiger partial charge on any atom is 0.256 e. The van der Waals surface area contributed by atoms with Gasteiger partial charge in [-0.2, -0.15) is 0 Å². The maximum atomic E-state index is 14.1. The number of halogens is 1. The first kappa shape index (κ1) is 23.9. The van der Waals surface area contributed by atoms with E-state index >= 15 is 0 Å². The van der Waals surface area contributed by atoms with Gasteiger partial charge in [0.25, 0.3) is 11.8 Å². The number of ether oxygens (including phenoxy) is 1. The van der Waals surface area contributed by atoms with Gasteiger partial charge in [0.05, 0.1) is 12.2 Å². The van der Waals surface area contributed by atoms with E-state index in [0.29, 0.717) is 18.4 Å². The van der Waals surface area contributed by atoms with E-state index in [1.54, 1.807) is 34.1 Å². The number of hydrogen-bond acceptors (Lipinski definition) is 4. The molecule has 0 bridgehead atoms. The number of carbonyl (C=O) groups is 3. The van der Waals surface area contributed by atoms with Crippen molar-refractivity contribution in [3.8, 4) is 0 Å². The van der Waals surface area contributed by atoms with E-state index < -0.39 is 23.5 Å². The number of aryl methyl sites for hydroxylation is 1. The summed E-state index contributed by atoms with van der Waals surface area (Å²) in [6.45, 7) is 6.31. The molecule has 4 rings (SSSR count). The normalized spacial score (nSPS) is 19.5. The van der Waals surface area contributed by atoms with Gasteiger partial charge in [0, 0.05) is 37.5 Å². The summed E-state index contributed by atoms with van der Waals surface area (Å²) >= 11 is 0. The van der Waals surface area contributed by atoms with E-state index in [-0.39, 0.29) is 43.1 Å². The van der Waals surface area contributed by atoms with Crippen LogP contribution in [0.2, 0.25) is 0 Å². The van der Waals surface area contributed by atoms with Crippen LogP contribution in [0.4, 0.5) is 4.39 Å². The Balaban J connectivity index is 1.58. The Labute approximate surface area is 198 Å². The van der Waals surface area contributed by atoms with E-state index in [2.05, 4.69) is 5.32 Å². The highest BCUT2D eigenvalue weighted by Crippen LogP contribution is 2.39. The van der Waals surface area contributed by atoms with Crippen LogP contribution >= 0.6 is 0 Å². The summed E-state index contributed by atoms with van der Waals surface area (Å²) in [5, 5.41) is 2.89. The number of nitrogens with one attached hydrogen (secondary N) is 1. The SMILES string of the molecule is Cc1ccc(C(=O)N2[C@H](C(=O)NC(C)C)COC23CCN(C(=O)c2ccccc2F)CC3)cc1. The summed E-state index contributed by atoms with van der Waals surface area (Å²) < 4.78 is 20.3. The van der Waals surface area contributed by atoms with Crippen molar-refractivity contribution in [1.82, 2.24) is 15.1 Å². The summed E-state index contributed by atoms with van der Waals surface area (Å²) in [6.07, 6.45) is 0.659. The topological polar surface area (TPSA) is 79.0 Å². The molecule has 0 aliphatic carbocycles. The van der Waals surface area contributed by atoms with Gasteiger partial charge in [0.1, 0.15) is 17.6 Å². The van der Waals surface area contributed by atoms with Crippen molar-refractivity contribution in [1.29, 1.82) is 0 Å². The second kappa shape index (κ2) is 9.54. The molecule has 2 saturated heterocycles. The molecule has 34 heavy (non-hydrogen) atoms. The largest absolute Gasteiger partial charge is 0.353 e. The smallest absolute Gasteiger partial charge is 0.256 e. The number of likely N-dealkylation sites (tertiary alicyclic amines) is 1. The molecule has 0 aromatic heterocycles. The molecule has 1 atom stereocenters. The first-order chi connectivity index (χ1) is 16.2. The van der Waals surface area contributed by atoms with Crippen LogP contribution in [0.3, 0.4) is 0 Å². The van der Waals surface area contributed by atoms with Gasteiger partial charge in [-0.1, -0.05) is 29.8 Å². The number of rotatable bonds is 4. The van der Waals surface area contributed by atoms with Crippen molar-refractivity contribution in [2.24, 2.45) is 0 Å². The lowest BCUT2D eigenvalue weighted by molar-refractivity contribution is -0.128. The van der Waals surface area contributed by atoms with Gasteiger partial charge < -0.3 is 15.0 Å². The highest BCUT2D eigenvalue weighted by atomic mass is 19.1. The first-order valence-electron chi connectivity index (χ1n) is 11.6. The summed E-state index contributed by atoms with van der Waals surface area (Å²) in [4.78, 5) is 42.7. The lowest BCUT2D eigenvalue weighted by atomic mass is 9.96. The van der Waals surface area contributed by atoms with Crippen molar-refractivity contribution in [2.45, 2.75) is 51.4 Å². The zero-order valence-corrected chi connectivity index (χ0v) is 19.7. The summed E-state index contributed by atoms with van der Waals surface area (Å²) in [6, 6.07) is 12.3. The molecule has 2 aromatic carbocycles. The van der Waals surface area contributed by atoms with Crippen molar-refractivity contribution in [3.63, 3.8) is 0 Å². The Morgan fingerprint density at radius 1 is 1.03 bits per heavy atom. The molecule has 1 spiro atoms. The second-order valence-corrected chi connectivity index (χ2v) is 9.25. The Bertz CT molecular complexity index is 1080. The van der Waals surface area contributed by atoms with Crippen LogP contribution in [0.15, 0.2) is 48.5 Å². The third kappa shape index (κ3) is 4.55. The van der Waals surface area contributed by atoms with Gasteiger partial charge in [-0.15, -0.1) is 0 Å². The number of piperidine rings is 1. The molecule has 2 aromatic rings. The predicted molar refractivity (Wildman–Crippen MR) is 125 cm³/mol. The van der Waals surface area contributed by atoms with Crippen LogP contribution < -0.4 is 5.32 Å². The Morgan fingerprint density at radius 2 is 1.68 bits per heavy atom. The van der Waals surface area contributed by atoms with Gasteiger partial charge in [-0.3, -0.25) is 19.3 Å². The van der Waals surface area contributed by atoms with Gasteiger partial charge in [-0.05, 0) is 45.0 Å². The van der Waals surface area contributed by atoms with E-state index in [9.17, 15) is 18.8 Å². The monoisotopic (exact) mass is 467 g/mol. The lowest BCUT2D eigenvalue weighted by Crippen LogP contribution is -2.60. The molecule has 2 heterocycles. The Morgan fingerprint density at radius 3 is 2.29 bits per heavy atom. The van der Waals surface area contributed by atoms with Crippen LogP contribution in [-0.4, -0.2) is 65.0 Å². The zero-order valence-electron chi connectivity index (χ0n) is 19.7. The molecule has 8 heteroatoms. The second-order valence-electron chi connectivity index (χ2n) is 9.25. The number of hydrogen-bond donors (Lipinski definition) is 1. The minimum Gasteiger partial charge on any atom is -0.353 e. The van der Waals surface area contributed by atoms with Gasteiger partial charge in [0.15, 0.2) is 0 Å². The summed E-state index contributed by atoms with van der Waals surface area (Å²) in [5.41, 5.74) is 0.515. The highest BCUT2D eigenvalue weighted by molar-refractivity contribution is 5.98. The van der Waals surface area contributed by atoms with Crippen LogP contribution in [0.1, 0.15) is 53.0 Å². The molecule has 0 unspecified atom stereocenters. The van der Waals surface area contributed by atoms with Crippen molar-refractivity contribution < 1.29 is 23.5 Å². The fraction of sp³-hybridized carbons (Fsp3) is 0.423. The maximum absolute atomic E-state index is 14.1. The Kier molecular flexibility index (Phi) is 6.70. The molecule has 180 valence electrons. The Hall–Kier alpha value is -3.26. The molecule has 2 aliphatic rings. The molecule has 2 fully saturated rings. The van der Waals surface area contributed by atoms with E-state index in [1.807, 2.05) is 32.9 Å². The number of carbonyl (C=O) groups excluding carboxylic acids is 3. The molecular weight excluding hydrogens is 437 g/mol. The summed E-state index contributed by atoms with van der Waals surface area (Å²) in [5.74, 6) is -1.50. The van der Waals surface area contributed by atoms with Crippen LogP contribution in [-0.2, 0) is 9.53 Å². The van der Waals surface area contributed by atoms with Crippen molar-refractivity contribution in [3.05, 3.63) is 71.0 Å². The minimum atomic E-state index is -1.01. The molecule has 1 N–H and O–H groups in total. The first-order valence-corrected chi connectivity index (χ1v) is 11.6. The van der Waals surface area contributed by atoms with E-state index in [1.165, 1.54) is 12.1 Å². The lowest BCUT2D eigenvalue weighted by Gasteiger charge is -2.44. The molecule has 0 saturated carbocycles. The standard InChI is InChI=1S/C26H30FN3O4/c1-17(2)28-23(31)22-16-34-26(30(22)24(32)19-10-8-18(3)9-11-19)12-14-29(15-13-26)25(33)20-6-4-5-7-21(20)27/h4-11,17,22H,12-16H2,1-3H3,(H,28,31)/t22-/m0/s1. The average molecular weight is 468 g/mol. The summed E-state index contributed by atoms with van der Waals surface area (Å²) in [7, 11) is 0. The van der Waals surface area contributed by atoms with E-state index in [0.717, 1.165) is 5.56 Å². The number of amides is 3.